The van der Waals surface area contributed by atoms with E-state index in [0.29, 0.717) is 29.4 Å². The number of nitrogens with one attached hydrogen (secondary N) is 1. The second-order valence-corrected chi connectivity index (χ2v) is 8.73. The minimum absolute atomic E-state index is 0.242. The third-order valence-corrected chi connectivity index (χ3v) is 6.88. The summed E-state index contributed by atoms with van der Waals surface area (Å²) in [7, 11) is -1.97. The van der Waals surface area contributed by atoms with E-state index < -0.39 is 10.0 Å². The minimum atomic E-state index is -3.56. The maximum Gasteiger partial charge on any atom is 0.321 e. The Kier molecular flexibility index (Phi) is 5.90. The Balaban J connectivity index is 1.61. The average Bonchev–Trinajstić information content (AvgIpc) is 2.70. The summed E-state index contributed by atoms with van der Waals surface area (Å²) in [4.78, 5) is 14.4. The third-order valence-electron chi connectivity index (χ3n) is 4.98. The van der Waals surface area contributed by atoms with E-state index in [1.165, 1.54) is 4.31 Å². The zero-order chi connectivity index (χ0) is 20.3. The number of nitrogens with zero attached hydrogens (tertiary/aromatic N) is 2. The standard InChI is InChI=1S/C20H25N3O4S/c1-15-4-9-19(14-16(15)2)28(25,26)23-12-10-22(11-13-23)20(24)21-17-5-7-18(27-3)8-6-17/h4-9,14H,10-13H2,1-3H3,(H,21,24). The predicted molar refractivity (Wildman–Crippen MR) is 108 cm³/mol. The number of rotatable bonds is 4. The molecule has 0 aliphatic carbocycles. The summed E-state index contributed by atoms with van der Waals surface area (Å²) in [5.41, 5.74) is 2.66. The lowest BCUT2D eigenvalue weighted by Crippen LogP contribution is -2.51. The Labute approximate surface area is 166 Å². The molecule has 2 aromatic carbocycles. The molecule has 0 spiro atoms. The summed E-state index contributed by atoms with van der Waals surface area (Å²) in [6.07, 6.45) is 0. The fourth-order valence-electron chi connectivity index (χ4n) is 3.03. The largest absolute Gasteiger partial charge is 0.497 e. The Bertz CT molecular complexity index is 950. The quantitative estimate of drug-likeness (QED) is 0.851. The number of carbonyl (C=O) groups excluding carboxylic acids is 1. The Hall–Kier alpha value is -2.58. The van der Waals surface area contributed by atoms with Crippen molar-refractivity contribution >= 4 is 21.7 Å². The lowest BCUT2D eigenvalue weighted by atomic mass is 10.1. The van der Waals surface area contributed by atoms with Crippen molar-refractivity contribution in [1.82, 2.24) is 9.21 Å². The molecule has 3 rings (SSSR count). The molecule has 1 aliphatic heterocycles. The molecule has 8 heteroatoms. The summed E-state index contributed by atoms with van der Waals surface area (Å²) in [5.74, 6) is 0.711. The van der Waals surface area contributed by atoms with E-state index >= 15 is 0 Å². The maximum absolute atomic E-state index is 12.9. The fourth-order valence-corrected chi connectivity index (χ4v) is 4.54. The summed E-state index contributed by atoms with van der Waals surface area (Å²) in [5, 5.41) is 2.83. The van der Waals surface area contributed by atoms with Crippen LogP contribution in [-0.2, 0) is 10.0 Å². The number of ether oxygens (including phenoxy) is 1. The van der Waals surface area contributed by atoms with Crippen molar-refractivity contribution in [1.29, 1.82) is 0 Å². The number of piperazine rings is 1. The lowest BCUT2D eigenvalue weighted by Gasteiger charge is -2.34. The van der Waals surface area contributed by atoms with E-state index in [-0.39, 0.29) is 19.1 Å². The van der Waals surface area contributed by atoms with E-state index in [0.717, 1.165) is 11.1 Å². The van der Waals surface area contributed by atoms with Crippen LogP contribution >= 0.6 is 0 Å². The van der Waals surface area contributed by atoms with Gasteiger partial charge in [-0.15, -0.1) is 0 Å². The van der Waals surface area contributed by atoms with Crippen LogP contribution in [0.4, 0.5) is 10.5 Å². The molecular weight excluding hydrogens is 378 g/mol. The van der Waals surface area contributed by atoms with Gasteiger partial charge in [0.25, 0.3) is 0 Å². The fraction of sp³-hybridized carbons (Fsp3) is 0.350. The minimum Gasteiger partial charge on any atom is -0.497 e. The third kappa shape index (κ3) is 4.28. The molecule has 0 radical (unpaired) electrons. The molecule has 0 unspecified atom stereocenters. The van der Waals surface area contributed by atoms with Crippen LogP contribution in [0.1, 0.15) is 11.1 Å². The second kappa shape index (κ2) is 8.20. The van der Waals surface area contributed by atoms with Crippen LogP contribution in [0.2, 0.25) is 0 Å². The van der Waals surface area contributed by atoms with Crippen molar-refractivity contribution in [2.75, 3.05) is 38.6 Å². The highest BCUT2D eigenvalue weighted by atomic mass is 32.2. The molecule has 1 aliphatic rings. The van der Waals surface area contributed by atoms with Crippen molar-refractivity contribution in [3.8, 4) is 5.75 Å². The number of benzene rings is 2. The first-order valence-corrected chi connectivity index (χ1v) is 10.5. The van der Waals surface area contributed by atoms with Crippen LogP contribution in [0.25, 0.3) is 0 Å². The topological polar surface area (TPSA) is 79.0 Å². The molecule has 7 nitrogen and oxygen atoms in total. The highest BCUT2D eigenvalue weighted by Gasteiger charge is 2.30. The van der Waals surface area contributed by atoms with Crippen molar-refractivity contribution in [3.63, 3.8) is 0 Å². The highest BCUT2D eigenvalue weighted by molar-refractivity contribution is 7.89. The van der Waals surface area contributed by atoms with Gasteiger partial charge in [0.05, 0.1) is 12.0 Å². The molecule has 0 aromatic heterocycles. The number of sulfonamides is 1. The Morgan fingerprint density at radius 3 is 2.18 bits per heavy atom. The van der Waals surface area contributed by atoms with Gasteiger partial charge in [-0.05, 0) is 61.4 Å². The zero-order valence-corrected chi connectivity index (χ0v) is 17.1. The Morgan fingerprint density at radius 2 is 1.61 bits per heavy atom. The number of hydrogen-bond donors (Lipinski definition) is 1. The van der Waals surface area contributed by atoms with E-state index in [1.807, 2.05) is 19.9 Å². The molecule has 0 bridgehead atoms. The van der Waals surface area contributed by atoms with Crippen LogP contribution < -0.4 is 10.1 Å². The summed E-state index contributed by atoms with van der Waals surface area (Å²) in [6.45, 7) is 5.07. The second-order valence-electron chi connectivity index (χ2n) is 6.80. The van der Waals surface area contributed by atoms with Crippen molar-refractivity contribution in [2.24, 2.45) is 0 Å². The maximum atomic E-state index is 12.9. The average molecular weight is 404 g/mol. The van der Waals surface area contributed by atoms with E-state index in [2.05, 4.69) is 5.32 Å². The van der Waals surface area contributed by atoms with E-state index in [9.17, 15) is 13.2 Å². The van der Waals surface area contributed by atoms with Crippen LogP contribution in [0.3, 0.4) is 0 Å². The van der Waals surface area contributed by atoms with E-state index in [1.54, 1.807) is 48.4 Å². The summed E-state index contributed by atoms with van der Waals surface area (Å²) in [6, 6.07) is 12.0. The molecule has 0 saturated carbocycles. The number of anilines is 1. The van der Waals surface area contributed by atoms with Crippen LogP contribution in [0, 0.1) is 13.8 Å². The molecule has 28 heavy (non-hydrogen) atoms. The van der Waals surface area contributed by atoms with Crippen molar-refractivity contribution in [3.05, 3.63) is 53.6 Å². The lowest BCUT2D eigenvalue weighted by molar-refractivity contribution is 0.184. The molecule has 1 fully saturated rings. The zero-order valence-electron chi connectivity index (χ0n) is 16.3. The molecule has 1 heterocycles. The SMILES string of the molecule is COc1ccc(NC(=O)N2CCN(S(=O)(=O)c3ccc(C)c(C)c3)CC2)cc1. The van der Waals surface area contributed by atoms with Gasteiger partial charge in [-0.2, -0.15) is 4.31 Å². The van der Waals surface area contributed by atoms with Gasteiger partial charge in [0.2, 0.25) is 10.0 Å². The molecule has 1 N–H and O–H groups in total. The number of hydrogen-bond acceptors (Lipinski definition) is 4. The monoisotopic (exact) mass is 403 g/mol. The molecule has 150 valence electrons. The van der Waals surface area contributed by atoms with E-state index in [4.69, 9.17) is 4.74 Å². The summed E-state index contributed by atoms with van der Waals surface area (Å²) >= 11 is 0. The van der Waals surface area contributed by atoms with Crippen LogP contribution in [0.15, 0.2) is 47.4 Å². The molecule has 2 aromatic rings. The first-order chi connectivity index (χ1) is 13.3. The van der Waals surface area contributed by atoms with Gasteiger partial charge < -0.3 is 15.0 Å². The van der Waals surface area contributed by atoms with Crippen molar-refractivity contribution in [2.45, 2.75) is 18.7 Å². The van der Waals surface area contributed by atoms with Crippen molar-refractivity contribution < 1.29 is 17.9 Å². The predicted octanol–water partition coefficient (Wildman–Crippen LogP) is 2.85. The first-order valence-electron chi connectivity index (χ1n) is 9.08. The number of methoxy groups -OCH3 is 1. The van der Waals surface area contributed by atoms with Gasteiger partial charge in [0, 0.05) is 31.9 Å². The van der Waals surface area contributed by atoms with Gasteiger partial charge >= 0.3 is 6.03 Å². The van der Waals surface area contributed by atoms with Gasteiger partial charge in [-0.1, -0.05) is 6.07 Å². The number of urea groups is 1. The molecule has 1 saturated heterocycles. The number of aryl methyl sites for hydroxylation is 2. The van der Waals surface area contributed by atoms with Gasteiger partial charge in [0.15, 0.2) is 0 Å². The smallest absolute Gasteiger partial charge is 0.321 e. The molecule has 2 amide bonds. The van der Waals surface area contributed by atoms with Gasteiger partial charge in [-0.3, -0.25) is 0 Å². The van der Waals surface area contributed by atoms with Crippen LogP contribution in [0.5, 0.6) is 5.75 Å². The number of carbonyl (C=O) groups is 1. The number of amides is 2. The molecular formula is C20H25N3O4S. The Morgan fingerprint density at radius 1 is 0.964 bits per heavy atom. The molecule has 0 atom stereocenters. The van der Waals surface area contributed by atoms with Gasteiger partial charge in [-0.25, -0.2) is 13.2 Å². The normalized spacial score (nSPS) is 15.3. The van der Waals surface area contributed by atoms with Crippen LogP contribution in [-0.4, -0.2) is 56.9 Å². The first kappa shape index (κ1) is 20.2. The van der Waals surface area contributed by atoms with Gasteiger partial charge in [0.1, 0.15) is 5.75 Å². The highest BCUT2D eigenvalue weighted by Crippen LogP contribution is 2.21. The summed E-state index contributed by atoms with van der Waals surface area (Å²) < 4.78 is 32.3.